The van der Waals surface area contributed by atoms with Crippen LogP contribution in [0.3, 0.4) is 0 Å². The molecule has 7 nitrogen and oxygen atoms in total. The summed E-state index contributed by atoms with van der Waals surface area (Å²) in [7, 11) is 0. The third-order valence-electron chi connectivity index (χ3n) is 4.24. The van der Waals surface area contributed by atoms with Crippen LogP contribution in [0.1, 0.15) is 37.6 Å². The van der Waals surface area contributed by atoms with Crippen molar-refractivity contribution >= 4 is 5.96 Å². The average molecular weight is 337 g/mol. The number of guanidine groups is 1. The number of hydrogen-bond donors (Lipinski definition) is 3. The van der Waals surface area contributed by atoms with Gasteiger partial charge in [-0.2, -0.15) is 5.10 Å². The Labute approximate surface area is 144 Å². The largest absolute Gasteiger partial charge is 0.388 e. The Morgan fingerprint density at radius 2 is 2.12 bits per heavy atom. The molecule has 1 aliphatic heterocycles. The molecule has 136 valence electrons. The van der Waals surface area contributed by atoms with E-state index in [2.05, 4.69) is 33.7 Å². The first kappa shape index (κ1) is 18.7. The lowest BCUT2D eigenvalue weighted by Gasteiger charge is -2.30. The highest BCUT2D eigenvalue weighted by atomic mass is 16.5. The van der Waals surface area contributed by atoms with Gasteiger partial charge >= 0.3 is 0 Å². The van der Waals surface area contributed by atoms with E-state index in [9.17, 15) is 5.11 Å². The van der Waals surface area contributed by atoms with Gasteiger partial charge in [0.1, 0.15) is 0 Å². The molecule has 0 saturated carbocycles. The predicted octanol–water partition coefficient (Wildman–Crippen LogP) is 0.987. The van der Waals surface area contributed by atoms with Crippen molar-refractivity contribution in [3.8, 4) is 0 Å². The Morgan fingerprint density at radius 1 is 1.38 bits per heavy atom. The highest BCUT2D eigenvalue weighted by Gasteiger charge is 2.29. The van der Waals surface area contributed by atoms with Crippen molar-refractivity contribution in [1.29, 1.82) is 0 Å². The van der Waals surface area contributed by atoms with Gasteiger partial charge in [-0.3, -0.25) is 9.67 Å². The van der Waals surface area contributed by atoms with E-state index >= 15 is 0 Å². The Hall–Kier alpha value is -1.60. The van der Waals surface area contributed by atoms with Gasteiger partial charge in [-0.1, -0.05) is 0 Å². The minimum atomic E-state index is -0.732. The maximum absolute atomic E-state index is 10.5. The van der Waals surface area contributed by atoms with E-state index < -0.39 is 5.60 Å². The van der Waals surface area contributed by atoms with E-state index in [-0.39, 0.29) is 0 Å². The number of nitrogens with one attached hydrogen (secondary N) is 2. The first-order valence-corrected chi connectivity index (χ1v) is 8.86. The SMILES string of the molecule is CCNC(=NCC1(O)CCOCC1)NCCCn1nc(C)cc1C. The maximum Gasteiger partial charge on any atom is 0.191 e. The number of hydrogen-bond acceptors (Lipinski definition) is 4. The fraction of sp³-hybridized carbons (Fsp3) is 0.765. The summed E-state index contributed by atoms with van der Waals surface area (Å²) in [4.78, 5) is 4.54. The van der Waals surface area contributed by atoms with E-state index in [0.29, 0.717) is 32.6 Å². The molecule has 0 bridgehead atoms. The lowest BCUT2D eigenvalue weighted by molar-refractivity contribution is -0.0565. The fourth-order valence-electron chi connectivity index (χ4n) is 2.81. The van der Waals surface area contributed by atoms with Gasteiger partial charge in [0.25, 0.3) is 0 Å². The Bertz CT molecular complexity index is 535. The van der Waals surface area contributed by atoms with Crippen LogP contribution in [0.5, 0.6) is 0 Å². The van der Waals surface area contributed by atoms with Gasteiger partial charge in [0.05, 0.1) is 17.8 Å². The number of aliphatic hydroxyl groups is 1. The molecule has 3 N–H and O–H groups in total. The number of aromatic nitrogens is 2. The summed E-state index contributed by atoms with van der Waals surface area (Å²) in [6.45, 7) is 10.2. The van der Waals surface area contributed by atoms with Gasteiger partial charge in [-0.05, 0) is 33.3 Å². The van der Waals surface area contributed by atoms with E-state index in [1.54, 1.807) is 0 Å². The van der Waals surface area contributed by atoms with Crippen LogP contribution in [-0.2, 0) is 11.3 Å². The Kier molecular flexibility index (Phi) is 7.05. The molecular formula is C17H31N5O2. The second kappa shape index (κ2) is 9.03. The van der Waals surface area contributed by atoms with Crippen LogP contribution in [0.25, 0.3) is 0 Å². The second-order valence-electron chi connectivity index (χ2n) is 6.46. The number of nitrogens with zero attached hydrogens (tertiary/aromatic N) is 3. The molecule has 2 rings (SSSR count). The molecule has 0 spiro atoms. The molecule has 0 aromatic carbocycles. The standard InChI is InChI=1S/C17H31N5O2/c1-4-18-16(20-13-17(23)6-10-24-11-7-17)19-8-5-9-22-15(3)12-14(2)21-22/h12,23H,4-11,13H2,1-3H3,(H2,18,19,20). The first-order valence-electron chi connectivity index (χ1n) is 8.86. The molecule has 1 fully saturated rings. The molecule has 1 aromatic rings. The van der Waals surface area contributed by atoms with Crippen LogP contribution in [0.4, 0.5) is 0 Å². The lowest BCUT2D eigenvalue weighted by atomic mass is 9.95. The van der Waals surface area contributed by atoms with E-state index in [0.717, 1.165) is 37.7 Å². The zero-order valence-corrected chi connectivity index (χ0v) is 15.1. The zero-order valence-electron chi connectivity index (χ0n) is 15.1. The van der Waals surface area contributed by atoms with Gasteiger partial charge < -0.3 is 20.5 Å². The van der Waals surface area contributed by atoms with Gasteiger partial charge in [0.2, 0.25) is 0 Å². The summed E-state index contributed by atoms with van der Waals surface area (Å²) < 4.78 is 7.34. The summed E-state index contributed by atoms with van der Waals surface area (Å²) in [6, 6.07) is 2.09. The zero-order chi connectivity index (χ0) is 17.4. The van der Waals surface area contributed by atoms with Crippen LogP contribution in [-0.4, -0.2) is 59.3 Å². The fourth-order valence-corrected chi connectivity index (χ4v) is 2.81. The summed E-state index contributed by atoms with van der Waals surface area (Å²) in [5.74, 6) is 0.755. The number of aryl methyl sites for hydroxylation is 3. The molecule has 0 amide bonds. The van der Waals surface area contributed by atoms with Gasteiger partial charge in [-0.25, -0.2) is 0 Å². The molecule has 0 unspecified atom stereocenters. The Morgan fingerprint density at radius 3 is 2.75 bits per heavy atom. The molecule has 1 aliphatic rings. The summed E-state index contributed by atoms with van der Waals surface area (Å²) >= 11 is 0. The summed E-state index contributed by atoms with van der Waals surface area (Å²) in [5, 5.41) is 21.5. The van der Waals surface area contributed by atoms with Gasteiger partial charge in [0.15, 0.2) is 5.96 Å². The third-order valence-corrected chi connectivity index (χ3v) is 4.24. The molecule has 1 aromatic heterocycles. The van der Waals surface area contributed by atoms with Crippen molar-refractivity contribution in [3.63, 3.8) is 0 Å². The van der Waals surface area contributed by atoms with Crippen LogP contribution in [0.2, 0.25) is 0 Å². The molecule has 0 radical (unpaired) electrons. The van der Waals surface area contributed by atoms with Crippen molar-refractivity contribution < 1.29 is 9.84 Å². The molecule has 0 aliphatic carbocycles. The van der Waals surface area contributed by atoms with E-state index in [1.807, 2.05) is 18.5 Å². The van der Waals surface area contributed by atoms with Crippen LogP contribution in [0.15, 0.2) is 11.1 Å². The van der Waals surface area contributed by atoms with Gasteiger partial charge in [-0.15, -0.1) is 0 Å². The molecule has 0 atom stereocenters. The van der Waals surface area contributed by atoms with Gasteiger partial charge in [0, 0.05) is 51.4 Å². The second-order valence-corrected chi connectivity index (χ2v) is 6.46. The monoisotopic (exact) mass is 337 g/mol. The summed E-state index contributed by atoms with van der Waals surface area (Å²) in [6.07, 6.45) is 2.26. The normalized spacial score (nSPS) is 17.8. The molecular weight excluding hydrogens is 306 g/mol. The number of ether oxygens (including phenoxy) is 1. The van der Waals surface area contributed by atoms with Crippen molar-refractivity contribution in [2.45, 2.75) is 52.2 Å². The predicted molar refractivity (Wildman–Crippen MR) is 95.3 cm³/mol. The van der Waals surface area contributed by atoms with E-state index in [1.165, 1.54) is 5.69 Å². The number of rotatable bonds is 7. The van der Waals surface area contributed by atoms with Crippen molar-refractivity contribution in [2.75, 3.05) is 32.8 Å². The van der Waals surface area contributed by atoms with Crippen molar-refractivity contribution in [1.82, 2.24) is 20.4 Å². The smallest absolute Gasteiger partial charge is 0.191 e. The molecule has 24 heavy (non-hydrogen) atoms. The Balaban J connectivity index is 1.77. The highest BCUT2D eigenvalue weighted by molar-refractivity contribution is 5.79. The van der Waals surface area contributed by atoms with Crippen molar-refractivity contribution in [2.24, 2.45) is 4.99 Å². The third kappa shape index (κ3) is 5.79. The first-order chi connectivity index (χ1) is 11.5. The van der Waals surface area contributed by atoms with Crippen LogP contribution < -0.4 is 10.6 Å². The average Bonchev–Trinajstić information content (AvgIpc) is 2.87. The van der Waals surface area contributed by atoms with Crippen molar-refractivity contribution in [3.05, 3.63) is 17.5 Å². The number of aliphatic imine (C=N–C) groups is 1. The lowest BCUT2D eigenvalue weighted by Crippen LogP contribution is -2.42. The van der Waals surface area contributed by atoms with Crippen LogP contribution >= 0.6 is 0 Å². The highest BCUT2D eigenvalue weighted by Crippen LogP contribution is 2.20. The topological polar surface area (TPSA) is 83.7 Å². The minimum absolute atomic E-state index is 0.406. The van der Waals surface area contributed by atoms with E-state index in [4.69, 9.17) is 4.74 Å². The molecule has 1 saturated heterocycles. The minimum Gasteiger partial charge on any atom is -0.388 e. The summed E-state index contributed by atoms with van der Waals surface area (Å²) in [5.41, 5.74) is 1.51. The quantitative estimate of drug-likeness (QED) is 0.392. The molecule has 7 heteroatoms. The maximum atomic E-state index is 10.5. The van der Waals surface area contributed by atoms with Crippen LogP contribution in [0, 0.1) is 13.8 Å². The molecule has 2 heterocycles.